The van der Waals surface area contributed by atoms with Gasteiger partial charge in [-0.15, -0.1) is 0 Å². The molecule has 1 amide bonds. The molecule has 144 valence electrons. The van der Waals surface area contributed by atoms with Gasteiger partial charge >= 0.3 is 6.18 Å². The third-order valence-electron chi connectivity index (χ3n) is 4.69. The summed E-state index contributed by atoms with van der Waals surface area (Å²) in [6.07, 6.45) is 0.346. The maximum absolute atomic E-state index is 12.6. The molecule has 0 aliphatic heterocycles. The van der Waals surface area contributed by atoms with Gasteiger partial charge in [0.15, 0.2) is 0 Å². The summed E-state index contributed by atoms with van der Waals surface area (Å²) in [7, 11) is 0. The molecule has 1 N–H and O–H groups in total. The molecule has 6 heteroatoms. The van der Waals surface area contributed by atoms with Crippen LogP contribution in [0, 0.1) is 0 Å². The zero-order valence-electron chi connectivity index (χ0n) is 14.9. The zero-order chi connectivity index (χ0) is 19.3. The zero-order valence-corrected chi connectivity index (χ0v) is 14.9. The third-order valence-corrected chi connectivity index (χ3v) is 4.69. The number of hydrogen-bond acceptors (Lipinski definition) is 2. The number of amides is 1. The average Bonchev–Trinajstić information content (AvgIpc) is 3.14. The van der Waals surface area contributed by atoms with E-state index in [9.17, 15) is 18.0 Å². The lowest BCUT2D eigenvalue weighted by Gasteiger charge is -2.17. The Morgan fingerprint density at radius 1 is 1.04 bits per heavy atom. The Morgan fingerprint density at radius 2 is 1.70 bits per heavy atom. The molecule has 0 heterocycles. The fraction of sp³-hybridized carbons (Fsp3) is 0.381. The van der Waals surface area contributed by atoms with Gasteiger partial charge in [0.1, 0.15) is 5.75 Å². The summed E-state index contributed by atoms with van der Waals surface area (Å²) < 4.78 is 43.8. The first-order valence-electron chi connectivity index (χ1n) is 9.09. The van der Waals surface area contributed by atoms with Crippen molar-refractivity contribution in [3.8, 4) is 5.75 Å². The van der Waals surface area contributed by atoms with E-state index in [4.69, 9.17) is 4.74 Å². The standard InChI is InChI=1S/C21H22F3NO2/c22-21(23,24)17-11-9-15(10-12-17)13-20(26)25-14-16-5-1-4-8-19(16)27-18-6-2-3-7-18/h1,4-5,8-12,18H,2-3,6-7,13-14H2,(H,25,26). The van der Waals surface area contributed by atoms with Crippen LogP contribution in [0.1, 0.15) is 42.4 Å². The number of para-hydroxylation sites is 1. The van der Waals surface area contributed by atoms with Gasteiger partial charge in [-0.05, 0) is 49.4 Å². The van der Waals surface area contributed by atoms with Crippen LogP contribution >= 0.6 is 0 Å². The van der Waals surface area contributed by atoms with E-state index in [1.807, 2.05) is 24.3 Å². The van der Waals surface area contributed by atoms with Crippen LogP contribution in [0.15, 0.2) is 48.5 Å². The minimum Gasteiger partial charge on any atom is -0.490 e. The molecule has 0 atom stereocenters. The first kappa shape index (κ1) is 19.3. The third kappa shape index (κ3) is 5.49. The second-order valence-electron chi connectivity index (χ2n) is 6.78. The molecule has 0 saturated heterocycles. The van der Waals surface area contributed by atoms with Crippen LogP contribution in [0.4, 0.5) is 13.2 Å². The highest BCUT2D eigenvalue weighted by Gasteiger charge is 2.30. The normalized spacial score (nSPS) is 14.9. The van der Waals surface area contributed by atoms with Crippen molar-refractivity contribution in [3.63, 3.8) is 0 Å². The van der Waals surface area contributed by atoms with Crippen molar-refractivity contribution in [3.05, 3.63) is 65.2 Å². The summed E-state index contributed by atoms with van der Waals surface area (Å²) in [5, 5.41) is 2.82. The lowest BCUT2D eigenvalue weighted by Crippen LogP contribution is -2.25. The number of alkyl halides is 3. The predicted molar refractivity (Wildman–Crippen MR) is 96.3 cm³/mol. The largest absolute Gasteiger partial charge is 0.490 e. The summed E-state index contributed by atoms with van der Waals surface area (Å²) in [5.41, 5.74) is 0.714. The van der Waals surface area contributed by atoms with E-state index in [-0.39, 0.29) is 18.4 Å². The molecule has 0 unspecified atom stereocenters. The number of rotatable bonds is 6. The molecule has 1 aliphatic rings. The molecule has 2 aromatic carbocycles. The number of ether oxygens (including phenoxy) is 1. The van der Waals surface area contributed by atoms with Crippen molar-refractivity contribution in [1.29, 1.82) is 0 Å². The van der Waals surface area contributed by atoms with Gasteiger partial charge in [-0.25, -0.2) is 0 Å². The summed E-state index contributed by atoms with van der Waals surface area (Å²) >= 11 is 0. The summed E-state index contributed by atoms with van der Waals surface area (Å²) in [4.78, 5) is 12.1. The van der Waals surface area contributed by atoms with E-state index in [1.54, 1.807) is 0 Å². The van der Waals surface area contributed by atoms with Gasteiger partial charge in [-0.1, -0.05) is 30.3 Å². The summed E-state index contributed by atoms with van der Waals surface area (Å²) in [6.45, 7) is 0.322. The highest BCUT2D eigenvalue weighted by Crippen LogP contribution is 2.29. The van der Waals surface area contributed by atoms with E-state index < -0.39 is 11.7 Å². The van der Waals surface area contributed by atoms with Crippen molar-refractivity contribution in [2.75, 3.05) is 0 Å². The average molecular weight is 377 g/mol. The van der Waals surface area contributed by atoms with Crippen LogP contribution in [-0.2, 0) is 23.9 Å². The monoisotopic (exact) mass is 377 g/mol. The number of carbonyl (C=O) groups is 1. The fourth-order valence-corrected chi connectivity index (χ4v) is 3.20. The van der Waals surface area contributed by atoms with Crippen molar-refractivity contribution in [2.45, 2.75) is 50.9 Å². The topological polar surface area (TPSA) is 38.3 Å². The maximum atomic E-state index is 12.6. The van der Waals surface area contributed by atoms with Gasteiger partial charge in [0, 0.05) is 12.1 Å². The van der Waals surface area contributed by atoms with Crippen molar-refractivity contribution in [1.82, 2.24) is 5.32 Å². The van der Waals surface area contributed by atoms with Crippen LogP contribution in [0.3, 0.4) is 0 Å². The molecule has 0 spiro atoms. The summed E-state index contributed by atoms with van der Waals surface area (Å²) in [6, 6.07) is 12.2. The molecule has 3 rings (SSSR count). The lowest BCUT2D eigenvalue weighted by molar-refractivity contribution is -0.137. The van der Waals surface area contributed by atoms with Gasteiger partial charge in [-0.2, -0.15) is 13.2 Å². The Bertz CT molecular complexity index is 766. The number of hydrogen-bond donors (Lipinski definition) is 1. The van der Waals surface area contributed by atoms with Crippen molar-refractivity contribution >= 4 is 5.91 Å². The number of benzene rings is 2. The molecule has 1 fully saturated rings. The van der Waals surface area contributed by atoms with Gasteiger partial charge in [0.25, 0.3) is 0 Å². The van der Waals surface area contributed by atoms with E-state index in [2.05, 4.69) is 5.32 Å². The van der Waals surface area contributed by atoms with Crippen LogP contribution < -0.4 is 10.1 Å². The van der Waals surface area contributed by atoms with Crippen LogP contribution in [0.2, 0.25) is 0 Å². The highest BCUT2D eigenvalue weighted by molar-refractivity contribution is 5.78. The van der Waals surface area contributed by atoms with Crippen molar-refractivity contribution in [2.24, 2.45) is 0 Å². The first-order chi connectivity index (χ1) is 12.9. The Morgan fingerprint density at radius 3 is 2.37 bits per heavy atom. The molecular weight excluding hydrogens is 355 g/mol. The van der Waals surface area contributed by atoms with Gasteiger partial charge in [-0.3, -0.25) is 4.79 Å². The molecule has 0 radical (unpaired) electrons. The second-order valence-corrected chi connectivity index (χ2v) is 6.78. The van der Waals surface area contributed by atoms with E-state index in [1.165, 1.54) is 25.0 Å². The SMILES string of the molecule is O=C(Cc1ccc(C(F)(F)F)cc1)NCc1ccccc1OC1CCCC1. The quantitative estimate of drug-likeness (QED) is 0.779. The molecule has 2 aromatic rings. The number of halogens is 3. The highest BCUT2D eigenvalue weighted by atomic mass is 19.4. The smallest absolute Gasteiger partial charge is 0.416 e. The first-order valence-corrected chi connectivity index (χ1v) is 9.09. The predicted octanol–water partition coefficient (Wildman–Crippen LogP) is 4.89. The minimum atomic E-state index is -4.37. The molecule has 1 saturated carbocycles. The molecule has 0 aromatic heterocycles. The Hall–Kier alpha value is -2.50. The minimum absolute atomic E-state index is 0.0315. The lowest BCUT2D eigenvalue weighted by atomic mass is 10.1. The molecule has 1 aliphatic carbocycles. The molecule has 0 bridgehead atoms. The Labute approximate surface area is 156 Å². The number of nitrogens with one attached hydrogen (secondary N) is 1. The van der Waals surface area contributed by atoms with Gasteiger partial charge < -0.3 is 10.1 Å². The van der Waals surface area contributed by atoms with E-state index in [0.717, 1.165) is 36.3 Å². The maximum Gasteiger partial charge on any atom is 0.416 e. The van der Waals surface area contributed by atoms with E-state index in [0.29, 0.717) is 12.1 Å². The van der Waals surface area contributed by atoms with Crippen LogP contribution in [-0.4, -0.2) is 12.0 Å². The molecular formula is C21H22F3NO2. The fourth-order valence-electron chi connectivity index (χ4n) is 3.20. The molecule has 27 heavy (non-hydrogen) atoms. The molecule has 3 nitrogen and oxygen atoms in total. The summed E-state index contributed by atoms with van der Waals surface area (Å²) in [5.74, 6) is 0.532. The number of carbonyl (C=O) groups excluding carboxylic acids is 1. The van der Waals surface area contributed by atoms with Gasteiger partial charge in [0.05, 0.1) is 18.1 Å². The van der Waals surface area contributed by atoms with Crippen molar-refractivity contribution < 1.29 is 22.7 Å². The van der Waals surface area contributed by atoms with E-state index >= 15 is 0 Å². The Balaban J connectivity index is 1.55. The second kappa shape index (κ2) is 8.46. The Kier molecular flexibility index (Phi) is 6.04. The van der Waals surface area contributed by atoms with Crippen LogP contribution in [0.25, 0.3) is 0 Å². The van der Waals surface area contributed by atoms with Gasteiger partial charge in [0.2, 0.25) is 5.91 Å². The van der Waals surface area contributed by atoms with Crippen LogP contribution in [0.5, 0.6) is 5.75 Å².